The first kappa shape index (κ1) is 21.0. The molecule has 0 saturated carbocycles. The lowest BCUT2D eigenvalue weighted by Crippen LogP contribution is -2.44. The summed E-state index contributed by atoms with van der Waals surface area (Å²) < 4.78 is 11.4. The molecule has 4 heteroatoms. The summed E-state index contributed by atoms with van der Waals surface area (Å²) in [6, 6.07) is 6.22. The highest BCUT2D eigenvalue weighted by molar-refractivity contribution is 5.43. The van der Waals surface area contributed by atoms with E-state index in [0.717, 1.165) is 57.0 Å². The van der Waals surface area contributed by atoms with Crippen molar-refractivity contribution in [3.63, 3.8) is 0 Å². The summed E-state index contributed by atoms with van der Waals surface area (Å²) >= 11 is 0. The second kappa shape index (κ2) is 11.5. The molecule has 1 saturated heterocycles. The van der Waals surface area contributed by atoms with Gasteiger partial charge >= 0.3 is 0 Å². The molecule has 148 valence electrons. The number of aliphatic hydroxyl groups is 1. The van der Waals surface area contributed by atoms with Crippen molar-refractivity contribution in [1.29, 1.82) is 0 Å². The van der Waals surface area contributed by atoms with E-state index in [-0.39, 0.29) is 6.10 Å². The summed E-state index contributed by atoms with van der Waals surface area (Å²) in [5, 5.41) is 10.4. The molecule has 0 amide bonds. The van der Waals surface area contributed by atoms with E-state index in [4.69, 9.17) is 9.47 Å². The van der Waals surface area contributed by atoms with Gasteiger partial charge in [-0.05, 0) is 49.9 Å². The van der Waals surface area contributed by atoms with E-state index >= 15 is 0 Å². The normalized spacial score (nSPS) is 20.9. The third kappa shape index (κ3) is 6.48. The van der Waals surface area contributed by atoms with Crippen molar-refractivity contribution in [3.05, 3.63) is 23.8 Å². The van der Waals surface area contributed by atoms with Crippen molar-refractivity contribution in [1.82, 2.24) is 4.90 Å². The third-order valence-electron chi connectivity index (χ3n) is 5.30. The van der Waals surface area contributed by atoms with E-state index in [1.165, 1.54) is 31.2 Å². The molecule has 1 aliphatic heterocycles. The lowest BCUT2D eigenvalue weighted by Gasteiger charge is -2.36. The third-order valence-corrected chi connectivity index (χ3v) is 5.30. The van der Waals surface area contributed by atoms with Crippen LogP contribution in [-0.4, -0.2) is 49.5 Å². The molecule has 26 heavy (non-hydrogen) atoms. The van der Waals surface area contributed by atoms with Gasteiger partial charge in [-0.25, -0.2) is 0 Å². The number of ether oxygens (including phenoxy) is 2. The highest BCUT2D eigenvalue weighted by Gasteiger charge is 2.27. The van der Waals surface area contributed by atoms with Crippen LogP contribution in [0.3, 0.4) is 0 Å². The van der Waals surface area contributed by atoms with Gasteiger partial charge in [0.1, 0.15) is 0 Å². The minimum Gasteiger partial charge on any atom is -0.493 e. The van der Waals surface area contributed by atoms with Gasteiger partial charge in [-0.2, -0.15) is 0 Å². The van der Waals surface area contributed by atoms with Crippen LogP contribution in [0.1, 0.15) is 57.9 Å². The average molecular weight is 364 g/mol. The van der Waals surface area contributed by atoms with Crippen molar-refractivity contribution >= 4 is 0 Å². The summed E-state index contributed by atoms with van der Waals surface area (Å²) in [7, 11) is 1.70. The summed E-state index contributed by atoms with van der Waals surface area (Å²) in [5.41, 5.74) is 1.21. The van der Waals surface area contributed by atoms with E-state index in [9.17, 15) is 5.11 Å². The van der Waals surface area contributed by atoms with Crippen LogP contribution < -0.4 is 9.47 Å². The smallest absolute Gasteiger partial charge is 0.161 e. The fourth-order valence-corrected chi connectivity index (χ4v) is 3.79. The molecule has 1 aliphatic rings. The molecule has 0 bridgehead atoms. The quantitative estimate of drug-likeness (QED) is 0.596. The number of nitrogens with zero attached hydrogens (tertiary/aromatic N) is 1. The van der Waals surface area contributed by atoms with E-state index in [1.807, 2.05) is 6.07 Å². The van der Waals surface area contributed by atoms with Gasteiger partial charge in [-0.1, -0.05) is 39.2 Å². The Morgan fingerprint density at radius 1 is 1.12 bits per heavy atom. The number of unbranched alkanes of at least 4 members (excludes halogenated alkanes) is 3. The van der Waals surface area contributed by atoms with Gasteiger partial charge in [0.25, 0.3) is 0 Å². The molecule has 2 atom stereocenters. The standard InChI is InChI=1S/C22H37NO3/c1-4-6-7-8-14-26-21-10-9-18(16-22(21)25-3)15-19-17-23(12-5-2)13-11-20(19)24/h9-10,16,19-20,24H,4-8,11-15,17H2,1-3H3. The Morgan fingerprint density at radius 2 is 1.96 bits per heavy atom. The Labute approximate surface area is 159 Å². The highest BCUT2D eigenvalue weighted by Crippen LogP contribution is 2.30. The maximum Gasteiger partial charge on any atom is 0.161 e. The minimum atomic E-state index is -0.205. The fourth-order valence-electron chi connectivity index (χ4n) is 3.79. The van der Waals surface area contributed by atoms with Crippen LogP contribution in [0.5, 0.6) is 11.5 Å². The molecule has 1 aromatic carbocycles. The van der Waals surface area contributed by atoms with E-state index in [2.05, 4.69) is 30.9 Å². The van der Waals surface area contributed by atoms with E-state index in [1.54, 1.807) is 7.11 Å². The first-order valence-corrected chi connectivity index (χ1v) is 10.4. The molecule has 1 heterocycles. The predicted molar refractivity (Wildman–Crippen MR) is 107 cm³/mol. The van der Waals surface area contributed by atoms with Crippen LogP contribution in [0.4, 0.5) is 0 Å². The molecule has 0 aliphatic carbocycles. The van der Waals surface area contributed by atoms with Crippen molar-refractivity contribution in [2.24, 2.45) is 5.92 Å². The van der Waals surface area contributed by atoms with Crippen LogP contribution in [0.25, 0.3) is 0 Å². The molecule has 1 fully saturated rings. The van der Waals surface area contributed by atoms with Crippen LogP contribution in [0.2, 0.25) is 0 Å². The topological polar surface area (TPSA) is 41.9 Å². The van der Waals surface area contributed by atoms with Crippen LogP contribution in [0.15, 0.2) is 18.2 Å². The second-order valence-corrected chi connectivity index (χ2v) is 7.52. The zero-order chi connectivity index (χ0) is 18.8. The number of aliphatic hydroxyl groups excluding tert-OH is 1. The maximum absolute atomic E-state index is 10.4. The van der Waals surface area contributed by atoms with Gasteiger partial charge in [0.05, 0.1) is 19.8 Å². The number of piperidine rings is 1. The van der Waals surface area contributed by atoms with Crippen LogP contribution >= 0.6 is 0 Å². The molecular formula is C22H37NO3. The van der Waals surface area contributed by atoms with Crippen molar-refractivity contribution < 1.29 is 14.6 Å². The molecule has 2 rings (SSSR count). The largest absolute Gasteiger partial charge is 0.493 e. The number of methoxy groups -OCH3 is 1. The summed E-state index contributed by atoms with van der Waals surface area (Å²) in [5.74, 6) is 1.92. The number of hydrogen-bond acceptors (Lipinski definition) is 4. The molecule has 2 unspecified atom stereocenters. The van der Waals surface area contributed by atoms with Crippen molar-refractivity contribution in [2.45, 2.75) is 64.9 Å². The SMILES string of the molecule is CCCCCCOc1ccc(CC2CN(CCC)CCC2O)cc1OC. The second-order valence-electron chi connectivity index (χ2n) is 7.52. The van der Waals surface area contributed by atoms with Crippen molar-refractivity contribution in [3.8, 4) is 11.5 Å². The first-order valence-electron chi connectivity index (χ1n) is 10.4. The maximum atomic E-state index is 10.4. The zero-order valence-corrected chi connectivity index (χ0v) is 16.9. The fraction of sp³-hybridized carbons (Fsp3) is 0.727. The Bertz CT molecular complexity index is 520. The first-order chi connectivity index (χ1) is 12.7. The van der Waals surface area contributed by atoms with Crippen molar-refractivity contribution in [2.75, 3.05) is 33.4 Å². The Balaban J connectivity index is 1.92. The monoisotopic (exact) mass is 363 g/mol. The van der Waals surface area contributed by atoms with Gasteiger partial charge in [0.2, 0.25) is 0 Å². The molecular weight excluding hydrogens is 326 g/mol. The molecule has 0 aromatic heterocycles. The van der Waals surface area contributed by atoms with Gasteiger partial charge in [0, 0.05) is 19.0 Å². The Hall–Kier alpha value is -1.26. The van der Waals surface area contributed by atoms with E-state index in [0.29, 0.717) is 5.92 Å². The molecule has 1 N–H and O–H groups in total. The molecule has 0 radical (unpaired) electrons. The van der Waals surface area contributed by atoms with E-state index < -0.39 is 0 Å². The predicted octanol–water partition coefficient (Wildman–Crippen LogP) is 4.29. The highest BCUT2D eigenvalue weighted by atomic mass is 16.5. The average Bonchev–Trinajstić information content (AvgIpc) is 2.65. The number of benzene rings is 1. The Kier molecular flexibility index (Phi) is 9.27. The summed E-state index contributed by atoms with van der Waals surface area (Å²) in [6.45, 7) is 8.28. The molecule has 4 nitrogen and oxygen atoms in total. The summed E-state index contributed by atoms with van der Waals surface area (Å²) in [4.78, 5) is 2.47. The van der Waals surface area contributed by atoms with Crippen LogP contribution in [-0.2, 0) is 6.42 Å². The number of likely N-dealkylation sites (tertiary alicyclic amines) is 1. The van der Waals surface area contributed by atoms with Gasteiger partial charge in [0.15, 0.2) is 11.5 Å². The van der Waals surface area contributed by atoms with Gasteiger partial charge in [-0.3, -0.25) is 0 Å². The molecule has 0 spiro atoms. The lowest BCUT2D eigenvalue weighted by molar-refractivity contribution is 0.0270. The minimum absolute atomic E-state index is 0.205. The van der Waals surface area contributed by atoms with Crippen LogP contribution in [0, 0.1) is 5.92 Å². The van der Waals surface area contributed by atoms with Gasteiger partial charge in [-0.15, -0.1) is 0 Å². The summed E-state index contributed by atoms with van der Waals surface area (Å²) in [6.07, 6.45) is 7.52. The van der Waals surface area contributed by atoms with Gasteiger partial charge < -0.3 is 19.5 Å². The molecule has 1 aromatic rings. The number of hydrogen-bond donors (Lipinski definition) is 1. The lowest BCUT2D eigenvalue weighted by atomic mass is 9.88. The zero-order valence-electron chi connectivity index (χ0n) is 16.9. The number of rotatable bonds is 11. The Morgan fingerprint density at radius 3 is 2.69 bits per heavy atom.